The van der Waals surface area contributed by atoms with Crippen molar-refractivity contribution >= 4 is 5.82 Å². The number of aromatic nitrogens is 4. The minimum Gasteiger partial charge on any atom is -0.434 e. The normalized spacial score (nSPS) is 14.5. The average Bonchev–Trinajstić information content (AvgIpc) is 2.64. The highest BCUT2D eigenvalue weighted by atomic mass is 19.4. The molecule has 2 N–H and O–H groups in total. The number of hydrogen-bond acceptors (Lipinski definition) is 6. The number of hydrogen-bond donors (Lipinski definition) is 1. The van der Waals surface area contributed by atoms with Gasteiger partial charge in [-0.15, -0.1) is 10.2 Å². The summed E-state index contributed by atoms with van der Waals surface area (Å²) in [6.45, 7) is 0. The Morgan fingerprint density at radius 3 is 2.34 bits per heavy atom. The lowest BCUT2D eigenvalue weighted by Crippen LogP contribution is -2.12. The van der Waals surface area contributed by atoms with Crippen LogP contribution < -0.4 is 10.5 Å². The molecule has 10 heteroatoms. The molecule has 150 valence electrons. The summed E-state index contributed by atoms with van der Waals surface area (Å²) in [5.41, 5.74) is 5.38. The highest BCUT2D eigenvalue weighted by molar-refractivity contribution is 5.64. The Hall–Kier alpha value is -3.30. The summed E-state index contributed by atoms with van der Waals surface area (Å²) in [6.07, 6.45) is 0.762. The topological polar surface area (TPSA) is 86.8 Å². The van der Waals surface area contributed by atoms with Crippen LogP contribution in [0.15, 0.2) is 36.7 Å². The van der Waals surface area contributed by atoms with Gasteiger partial charge in [0.2, 0.25) is 5.88 Å². The van der Waals surface area contributed by atoms with E-state index in [-0.39, 0.29) is 34.6 Å². The van der Waals surface area contributed by atoms with Gasteiger partial charge in [-0.3, -0.25) is 4.98 Å². The SMILES string of the molecule is Nc1cnc(-c2ccc(C3CCC3)c(Oc3ccc(C(F)(F)F)nn3)c2F)cn1. The number of benzene rings is 1. The molecule has 2 aromatic heterocycles. The lowest BCUT2D eigenvalue weighted by atomic mass is 9.79. The number of nitrogens with two attached hydrogens (primary N) is 1. The van der Waals surface area contributed by atoms with Gasteiger partial charge in [0.25, 0.3) is 0 Å². The van der Waals surface area contributed by atoms with Crippen LogP contribution in [0.5, 0.6) is 11.6 Å². The van der Waals surface area contributed by atoms with Crippen LogP contribution >= 0.6 is 0 Å². The summed E-state index contributed by atoms with van der Waals surface area (Å²) in [4.78, 5) is 7.98. The largest absolute Gasteiger partial charge is 0.435 e. The van der Waals surface area contributed by atoms with Crippen molar-refractivity contribution in [2.75, 3.05) is 5.73 Å². The van der Waals surface area contributed by atoms with E-state index in [9.17, 15) is 13.2 Å². The standard InChI is InChI=1S/C19H15F4N5O/c20-17-12(13-8-26-15(24)9-25-13)5-4-11(10-2-1-3-10)18(17)29-16-7-6-14(27-28-16)19(21,22)23/h4-10H,1-3H2,(H2,24,26). The van der Waals surface area contributed by atoms with Crippen LogP contribution in [-0.2, 0) is 6.18 Å². The summed E-state index contributed by atoms with van der Waals surface area (Å²) >= 11 is 0. The summed E-state index contributed by atoms with van der Waals surface area (Å²) in [6, 6.07) is 5.05. The lowest BCUT2D eigenvalue weighted by molar-refractivity contribution is -0.141. The van der Waals surface area contributed by atoms with E-state index < -0.39 is 17.7 Å². The molecule has 0 amide bonds. The fourth-order valence-electron chi connectivity index (χ4n) is 3.02. The van der Waals surface area contributed by atoms with E-state index in [2.05, 4.69) is 20.2 Å². The van der Waals surface area contributed by atoms with Gasteiger partial charge in [-0.1, -0.05) is 12.5 Å². The van der Waals surface area contributed by atoms with Crippen LogP contribution in [0.25, 0.3) is 11.3 Å². The van der Waals surface area contributed by atoms with Crippen LogP contribution in [0.2, 0.25) is 0 Å². The molecule has 2 heterocycles. The number of alkyl halides is 3. The predicted molar refractivity (Wildman–Crippen MR) is 95.5 cm³/mol. The Morgan fingerprint density at radius 1 is 1.00 bits per heavy atom. The van der Waals surface area contributed by atoms with Gasteiger partial charge in [0, 0.05) is 17.2 Å². The molecule has 1 fully saturated rings. The van der Waals surface area contributed by atoms with Crippen molar-refractivity contribution in [1.29, 1.82) is 0 Å². The van der Waals surface area contributed by atoms with Gasteiger partial charge in [-0.05, 0) is 30.9 Å². The van der Waals surface area contributed by atoms with Crippen LogP contribution in [0, 0.1) is 5.82 Å². The van der Waals surface area contributed by atoms with E-state index in [0.717, 1.165) is 31.4 Å². The van der Waals surface area contributed by atoms with E-state index >= 15 is 4.39 Å². The van der Waals surface area contributed by atoms with Gasteiger partial charge < -0.3 is 10.5 Å². The molecule has 1 saturated carbocycles. The summed E-state index contributed by atoms with van der Waals surface area (Å²) in [7, 11) is 0. The van der Waals surface area contributed by atoms with Gasteiger partial charge in [0.05, 0.1) is 18.1 Å². The molecule has 0 aliphatic heterocycles. The summed E-state index contributed by atoms with van der Waals surface area (Å²) < 4.78 is 58.9. The maximum absolute atomic E-state index is 15.3. The Bertz CT molecular complexity index is 1020. The predicted octanol–water partition coefficient (Wildman–Crippen LogP) is 4.73. The molecule has 0 radical (unpaired) electrons. The Kier molecular flexibility index (Phi) is 4.77. The molecular weight excluding hydrogens is 390 g/mol. The third-order valence-electron chi connectivity index (χ3n) is 4.76. The molecular formula is C19H15F4N5O. The molecule has 0 unspecified atom stereocenters. The Labute approximate surface area is 162 Å². The van der Waals surface area contributed by atoms with E-state index in [4.69, 9.17) is 10.5 Å². The van der Waals surface area contributed by atoms with Crippen molar-refractivity contribution in [1.82, 2.24) is 20.2 Å². The van der Waals surface area contributed by atoms with Crippen molar-refractivity contribution in [3.8, 4) is 22.9 Å². The highest BCUT2D eigenvalue weighted by Gasteiger charge is 2.33. The summed E-state index contributed by atoms with van der Waals surface area (Å²) in [5, 5.41) is 6.55. The van der Waals surface area contributed by atoms with E-state index in [0.29, 0.717) is 5.56 Å². The van der Waals surface area contributed by atoms with Gasteiger partial charge in [-0.2, -0.15) is 13.2 Å². The highest BCUT2D eigenvalue weighted by Crippen LogP contribution is 2.44. The first-order chi connectivity index (χ1) is 13.8. The van der Waals surface area contributed by atoms with Crippen molar-refractivity contribution < 1.29 is 22.3 Å². The second-order valence-electron chi connectivity index (χ2n) is 6.66. The second-order valence-corrected chi connectivity index (χ2v) is 6.66. The molecule has 1 aliphatic rings. The third kappa shape index (κ3) is 3.82. The smallest absolute Gasteiger partial charge is 0.434 e. The zero-order valence-corrected chi connectivity index (χ0v) is 14.9. The molecule has 1 aliphatic carbocycles. The first-order valence-electron chi connectivity index (χ1n) is 8.82. The molecule has 4 rings (SSSR count). The van der Waals surface area contributed by atoms with Crippen LogP contribution in [0.4, 0.5) is 23.4 Å². The minimum atomic E-state index is -4.62. The van der Waals surface area contributed by atoms with Crippen LogP contribution in [0.3, 0.4) is 0 Å². The van der Waals surface area contributed by atoms with Gasteiger partial charge >= 0.3 is 6.18 Å². The lowest BCUT2D eigenvalue weighted by Gasteiger charge is -2.28. The molecule has 3 aromatic rings. The maximum Gasteiger partial charge on any atom is 0.435 e. The van der Waals surface area contributed by atoms with Crippen LogP contribution in [-0.4, -0.2) is 20.2 Å². The van der Waals surface area contributed by atoms with Crippen molar-refractivity contribution in [3.05, 3.63) is 53.7 Å². The van der Waals surface area contributed by atoms with Gasteiger partial charge in [-0.25, -0.2) is 9.37 Å². The maximum atomic E-state index is 15.3. The molecule has 0 saturated heterocycles. The number of nitrogens with zero attached hydrogens (tertiary/aromatic N) is 4. The van der Waals surface area contributed by atoms with E-state index in [1.165, 1.54) is 12.4 Å². The van der Waals surface area contributed by atoms with Gasteiger partial charge in [0.1, 0.15) is 5.82 Å². The minimum absolute atomic E-state index is 0.0973. The number of ether oxygens (including phenoxy) is 1. The number of nitrogen functional groups attached to an aromatic ring is 1. The average molecular weight is 405 g/mol. The molecule has 0 bridgehead atoms. The third-order valence-corrected chi connectivity index (χ3v) is 4.76. The monoisotopic (exact) mass is 405 g/mol. The zero-order valence-electron chi connectivity index (χ0n) is 14.9. The number of anilines is 1. The molecule has 29 heavy (non-hydrogen) atoms. The zero-order chi connectivity index (χ0) is 20.6. The molecule has 0 atom stereocenters. The second kappa shape index (κ2) is 7.26. The molecule has 0 spiro atoms. The Morgan fingerprint density at radius 2 is 1.79 bits per heavy atom. The van der Waals surface area contributed by atoms with Crippen molar-refractivity contribution in [2.24, 2.45) is 0 Å². The van der Waals surface area contributed by atoms with Crippen LogP contribution in [0.1, 0.15) is 36.4 Å². The molecule has 6 nitrogen and oxygen atoms in total. The van der Waals surface area contributed by atoms with Crippen molar-refractivity contribution in [2.45, 2.75) is 31.4 Å². The Balaban J connectivity index is 1.73. The number of rotatable bonds is 4. The van der Waals surface area contributed by atoms with E-state index in [1.807, 2.05) is 0 Å². The van der Waals surface area contributed by atoms with Gasteiger partial charge in [0.15, 0.2) is 17.3 Å². The van der Waals surface area contributed by atoms with E-state index in [1.54, 1.807) is 12.1 Å². The first kappa shape index (κ1) is 19.0. The number of halogens is 4. The van der Waals surface area contributed by atoms with Crippen molar-refractivity contribution in [3.63, 3.8) is 0 Å². The fourth-order valence-corrected chi connectivity index (χ4v) is 3.02. The fraction of sp³-hybridized carbons (Fsp3) is 0.263. The summed E-state index contributed by atoms with van der Waals surface area (Å²) in [5.74, 6) is -0.738. The first-order valence-corrected chi connectivity index (χ1v) is 8.82. The quantitative estimate of drug-likeness (QED) is 0.632. The molecule has 1 aromatic carbocycles.